The zero-order valence-corrected chi connectivity index (χ0v) is 26.8. The standard InChI is InChI=1S/C30H36Cl2N4OS.C2H4O2/c1-34(30(37)27-15-21(17-33)14-23-4-2-3-5-26(23)27)18-24(22-6-7-28(31)29(32)16-22)8-9-35-19-25(20-35)36-10-12-38-13-11-36;1-2(3)4/h6-7,14-16,24-25H,2-5,8-13,18-20H2,1H3;1H3,(H,3,4)/t24-;/m1./s1. The first-order chi connectivity index (χ1) is 20.2. The van der Waals surface area contributed by atoms with E-state index in [1.807, 2.05) is 36.2 Å². The molecule has 0 saturated carbocycles. The second-order valence-corrected chi connectivity index (χ2v) is 13.4. The number of rotatable bonds is 8. The minimum atomic E-state index is -0.833. The Balaban J connectivity index is 0.000000952. The molecule has 10 heteroatoms. The van der Waals surface area contributed by atoms with Crippen molar-refractivity contribution >= 4 is 46.8 Å². The molecule has 7 nitrogen and oxygen atoms in total. The monoisotopic (exact) mass is 630 g/mol. The van der Waals surface area contributed by atoms with E-state index in [-0.39, 0.29) is 11.8 Å². The molecule has 226 valence electrons. The number of aliphatic carboxylic acids is 1. The van der Waals surface area contributed by atoms with Crippen LogP contribution in [0.25, 0.3) is 0 Å². The van der Waals surface area contributed by atoms with Crippen molar-refractivity contribution in [3.8, 4) is 6.07 Å². The van der Waals surface area contributed by atoms with Gasteiger partial charge in [0.15, 0.2) is 0 Å². The Morgan fingerprint density at radius 3 is 2.48 bits per heavy atom. The van der Waals surface area contributed by atoms with Crippen molar-refractivity contribution in [2.45, 2.75) is 51.0 Å². The van der Waals surface area contributed by atoms with Gasteiger partial charge < -0.3 is 14.9 Å². The Morgan fingerprint density at radius 2 is 1.81 bits per heavy atom. The van der Waals surface area contributed by atoms with Gasteiger partial charge in [0.1, 0.15) is 0 Å². The summed E-state index contributed by atoms with van der Waals surface area (Å²) < 4.78 is 0. The summed E-state index contributed by atoms with van der Waals surface area (Å²) in [7, 11) is 1.88. The minimum Gasteiger partial charge on any atom is -0.481 e. The Bertz CT molecular complexity index is 1300. The number of likely N-dealkylation sites (tertiary alicyclic amines) is 1. The Hall–Kier alpha value is -2.28. The number of hydrogen-bond acceptors (Lipinski definition) is 6. The first kappa shape index (κ1) is 32.6. The van der Waals surface area contributed by atoms with Crippen LogP contribution in [0.4, 0.5) is 0 Å². The number of carbonyl (C=O) groups excluding carboxylic acids is 1. The van der Waals surface area contributed by atoms with Gasteiger partial charge in [0.25, 0.3) is 11.9 Å². The fourth-order valence-corrected chi connectivity index (χ4v) is 7.35. The van der Waals surface area contributed by atoms with Gasteiger partial charge in [0.2, 0.25) is 0 Å². The number of thioether (sulfide) groups is 1. The van der Waals surface area contributed by atoms with Gasteiger partial charge in [-0.3, -0.25) is 14.5 Å². The maximum atomic E-state index is 13.7. The lowest BCUT2D eigenvalue weighted by Crippen LogP contribution is -2.61. The summed E-state index contributed by atoms with van der Waals surface area (Å²) in [6.07, 6.45) is 4.97. The summed E-state index contributed by atoms with van der Waals surface area (Å²) >= 11 is 14.7. The molecule has 2 fully saturated rings. The number of benzene rings is 2. The lowest BCUT2D eigenvalue weighted by molar-refractivity contribution is -0.134. The average molecular weight is 632 g/mol. The molecule has 2 aliphatic heterocycles. The van der Waals surface area contributed by atoms with Crippen LogP contribution < -0.4 is 0 Å². The number of carbonyl (C=O) groups is 2. The van der Waals surface area contributed by atoms with E-state index in [0.29, 0.717) is 33.8 Å². The van der Waals surface area contributed by atoms with Crippen molar-refractivity contribution in [3.63, 3.8) is 0 Å². The van der Waals surface area contributed by atoms with Gasteiger partial charge in [0, 0.05) is 75.7 Å². The van der Waals surface area contributed by atoms with Crippen molar-refractivity contribution in [1.82, 2.24) is 14.7 Å². The third-order valence-corrected chi connectivity index (χ3v) is 10.1. The summed E-state index contributed by atoms with van der Waals surface area (Å²) in [6.45, 7) is 7.33. The van der Waals surface area contributed by atoms with Crippen LogP contribution in [-0.2, 0) is 17.6 Å². The molecule has 1 amide bonds. The predicted molar refractivity (Wildman–Crippen MR) is 171 cm³/mol. The van der Waals surface area contributed by atoms with E-state index >= 15 is 0 Å². The maximum Gasteiger partial charge on any atom is 0.300 e. The molecule has 1 atom stereocenters. The highest BCUT2D eigenvalue weighted by molar-refractivity contribution is 7.99. The zero-order chi connectivity index (χ0) is 30.2. The lowest BCUT2D eigenvalue weighted by Gasteiger charge is -2.47. The van der Waals surface area contributed by atoms with Crippen molar-refractivity contribution in [3.05, 3.63) is 68.2 Å². The van der Waals surface area contributed by atoms with E-state index in [4.69, 9.17) is 33.1 Å². The summed E-state index contributed by atoms with van der Waals surface area (Å²) in [5.74, 6) is 1.80. The highest BCUT2D eigenvalue weighted by Gasteiger charge is 2.33. The molecule has 0 unspecified atom stereocenters. The van der Waals surface area contributed by atoms with E-state index in [9.17, 15) is 10.1 Å². The van der Waals surface area contributed by atoms with Gasteiger partial charge in [-0.05, 0) is 79.6 Å². The van der Waals surface area contributed by atoms with E-state index in [0.717, 1.165) is 75.4 Å². The number of nitrogens with zero attached hydrogens (tertiary/aromatic N) is 4. The van der Waals surface area contributed by atoms with E-state index < -0.39 is 5.97 Å². The summed E-state index contributed by atoms with van der Waals surface area (Å²) in [6, 6.07) is 12.5. The van der Waals surface area contributed by atoms with Crippen molar-refractivity contribution < 1.29 is 14.7 Å². The van der Waals surface area contributed by atoms with Crippen LogP contribution in [0.3, 0.4) is 0 Å². The first-order valence-electron chi connectivity index (χ1n) is 14.7. The predicted octanol–water partition coefficient (Wildman–Crippen LogP) is 5.81. The van der Waals surface area contributed by atoms with E-state index in [1.165, 1.54) is 24.6 Å². The molecular weight excluding hydrogens is 591 g/mol. The van der Waals surface area contributed by atoms with Crippen molar-refractivity contribution in [2.24, 2.45) is 0 Å². The van der Waals surface area contributed by atoms with Gasteiger partial charge in [0.05, 0.1) is 21.7 Å². The number of carboxylic acid groups (broad SMARTS) is 1. The molecule has 5 rings (SSSR count). The molecule has 2 aromatic carbocycles. The Labute approximate surface area is 263 Å². The van der Waals surface area contributed by atoms with Crippen LogP contribution in [0.5, 0.6) is 0 Å². The topological polar surface area (TPSA) is 87.9 Å². The molecule has 2 aromatic rings. The molecule has 0 radical (unpaired) electrons. The number of nitriles is 1. The number of halogens is 2. The van der Waals surface area contributed by atoms with Gasteiger partial charge in [-0.25, -0.2) is 0 Å². The van der Waals surface area contributed by atoms with Crippen LogP contribution in [0.1, 0.15) is 64.7 Å². The molecule has 2 heterocycles. The van der Waals surface area contributed by atoms with Gasteiger partial charge in [-0.15, -0.1) is 0 Å². The smallest absolute Gasteiger partial charge is 0.300 e. The van der Waals surface area contributed by atoms with Crippen molar-refractivity contribution in [2.75, 3.05) is 57.8 Å². The lowest BCUT2D eigenvalue weighted by atomic mass is 9.86. The second-order valence-electron chi connectivity index (χ2n) is 11.4. The molecule has 2 saturated heterocycles. The largest absolute Gasteiger partial charge is 0.481 e. The van der Waals surface area contributed by atoms with Crippen LogP contribution in [-0.4, -0.2) is 95.5 Å². The molecule has 1 N–H and O–H groups in total. The van der Waals surface area contributed by atoms with Crippen LogP contribution in [0, 0.1) is 11.3 Å². The van der Waals surface area contributed by atoms with Crippen LogP contribution >= 0.6 is 35.0 Å². The van der Waals surface area contributed by atoms with E-state index in [2.05, 4.69) is 27.6 Å². The van der Waals surface area contributed by atoms with Gasteiger partial charge in [-0.2, -0.15) is 17.0 Å². The number of amides is 1. The first-order valence-corrected chi connectivity index (χ1v) is 16.6. The molecule has 3 aliphatic rings. The quantitative estimate of drug-likeness (QED) is 0.393. The van der Waals surface area contributed by atoms with Crippen LogP contribution in [0.2, 0.25) is 10.0 Å². The number of likely N-dealkylation sites (N-methyl/N-ethyl adjacent to an activating group) is 1. The molecule has 0 bridgehead atoms. The van der Waals surface area contributed by atoms with Gasteiger partial charge >= 0.3 is 0 Å². The van der Waals surface area contributed by atoms with E-state index in [1.54, 1.807) is 6.07 Å². The Kier molecular flexibility index (Phi) is 12.0. The fraction of sp³-hybridized carbons (Fsp3) is 0.531. The van der Waals surface area contributed by atoms with Crippen molar-refractivity contribution in [1.29, 1.82) is 5.26 Å². The number of carboxylic acids is 1. The zero-order valence-electron chi connectivity index (χ0n) is 24.5. The van der Waals surface area contributed by atoms with Crippen LogP contribution in [0.15, 0.2) is 30.3 Å². The number of fused-ring (bicyclic) bond motifs is 1. The third kappa shape index (κ3) is 8.64. The highest BCUT2D eigenvalue weighted by Crippen LogP contribution is 2.31. The summed E-state index contributed by atoms with van der Waals surface area (Å²) in [5, 5.41) is 18.1. The third-order valence-electron chi connectivity index (χ3n) is 8.37. The fourth-order valence-electron chi connectivity index (χ4n) is 6.11. The maximum absolute atomic E-state index is 13.7. The minimum absolute atomic E-state index is 0.00251. The highest BCUT2D eigenvalue weighted by atomic mass is 35.5. The van der Waals surface area contributed by atoms with Gasteiger partial charge in [-0.1, -0.05) is 29.3 Å². The Morgan fingerprint density at radius 1 is 1.12 bits per heavy atom. The molecule has 1 aliphatic carbocycles. The second kappa shape index (κ2) is 15.4. The number of hydrogen-bond donors (Lipinski definition) is 1. The molecule has 0 spiro atoms. The normalized spacial score (nSPS) is 18.1. The SMILES string of the molecule is CC(=O)O.CN(C[C@@H](CCN1CC(N2CCSCC2)C1)c1ccc(Cl)c(Cl)c1)C(=O)c1cc(C#N)cc2c1CCCC2. The molecular formula is C32H40Cl2N4O3S. The summed E-state index contributed by atoms with van der Waals surface area (Å²) in [4.78, 5) is 29.8. The molecule has 0 aromatic heterocycles. The summed E-state index contributed by atoms with van der Waals surface area (Å²) in [5.41, 5.74) is 4.66. The molecule has 42 heavy (non-hydrogen) atoms. The average Bonchev–Trinajstić information content (AvgIpc) is 2.96. The number of aryl methyl sites for hydroxylation is 1.